The highest BCUT2D eigenvalue weighted by atomic mass is 19.4. The van der Waals surface area contributed by atoms with E-state index < -0.39 is 46.9 Å². The van der Waals surface area contributed by atoms with Crippen LogP contribution in [-0.2, 0) is 16.1 Å². The SMILES string of the molecule is COC(=O)c1c(F)cccc1-c1ccc(CNc2nccc(C)c2NC(=O)C(F)(F)C(F)(F)F)cc1F. The summed E-state index contributed by atoms with van der Waals surface area (Å²) in [5, 5.41) is 4.19. The second-order valence-electron chi connectivity index (χ2n) is 7.70. The van der Waals surface area contributed by atoms with Crippen LogP contribution < -0.4 is 10.6 Å². The van der Waals surface area contributed by atoms with E-state index in [-0.39, 0.29) is 34.6 Å². The number of methoxy groups -OCH3 is 1. The topological polar surface area (TPSA) is 80.3 Å². The molecule has 1 heterocycles. The Bertz CT molecular complexity index is 1340. The molecule has 37 heavy (non-hydrogen) atoms. The first-order valence-electron chi connectivity index (χ1n) is 10.4. The Morgan fingerprint density at radius 2 is 1.68 bits per heavy atom. The maximum Gasteiger partial charge on any atom is 0.463 e. The molecule has 1 aromatic heterocycles. The largest absolute Gasteiger partial charge is 0.465 e. The molecule has 6 nitrogen and oxygen atoms in total. The molecule has 0 bridgehead atoms. The maximum atomic E-state index is 14.9. The lowest BCUT2D eigenvalue weighted by molar-refractivity contribution is -0.267. The van der Waals surface area contributed by atoms with Crippen LogP contribution in [0.15, 0.2) is 48.7 Å². The van der Waals surface area contributed by atoms with Gasteiger partial charge < -0.3 is 15.4 Å². The highest BCUT2D eigenvalue weighted by Gasteiger charge is 2.63. The third kappa shape index (κ3) is 5.65. The number of alkyl halides is 5. The van der Waals surface area contributed by atoms with Crippen molar-refractivity contribution in [3.8, 4) is 11.1 Å². The molecule has 3 rings (SSSR count). The standard InChI is InChI=1S/C24H18F7N3O3/c1-12-8-9-32-20(19(12)34-22(36)23(27,28)24(29,30)31)33-11-13-6-7-14(17(26)10-13)15-4-3-5-16(25)18(15)21(35)37-2/h3-10H,11H2,1-2H3,(H,32,33)(H,34,36). The van der Waals surface area contributed by atoms with Gasteiger partial charge in [-0.25, -0.2) is 18.6 Å². The zero-order chi connectivity index (χ0) is 27.5. The lowest BCUT2D eigenvalue weighted by atomic mass is 9.97. The number of pyridine rings is 1. The van der Waals surface area contributed by atoms with E-state index >= 15 is 0 Å². The lowest BCUT2D eigenvalue weighted by Gasteiger charge is -2.20. The number of anilines is 2. The van der Waals surface area contributed by atoms with Gasteiger partial charge in [0, 0.05) is 23.9 Å². The quantitative estimate of drug-likeness (QED) is 0.296. The minimum atomic E-state index is -6.10. The molecular weight excluding hydrogens is 511 g/mol. The summed E-state index contributed by atoms with van der Waals surface area (Å²) < 4.78 is 98.1. The summed E-state index contributed by atoms with van der Waals surface area (Å²) in [6.45, 7) is 1.15. The number of hydrogen-bond donors (Lipinski definition) is 2. The second kappa shape index (κ2) is 10.4. The summed E-state index contributed by atoms with van der Waals surface area (Å²) in [5.41, 5.74) is -0.657. The van der Waals surface area contributed by atoms with Gasteiger partial charge in [0.2, 0.25) is 0 Å². The average Bonchev–Trinajstić information content (AvgIpc) is 2.83. The number of carbonyl (C=O) groups is 2. The molecule has 0 unspecified atom stereocenters. The molecule has 2 N–H and O–H groups in total. The molecule has 0 saturated heterocycles. The van der Waals surface area contributed by atoms with Gasteiger partial charge in [0.25, 0.3) is 0 Å². The van der Waals surface area contributed by atoms with Crippen molar-refractivity contribution in [1.29, 1.82) is 0 Å². The van der Waals surface area contributed by atoms with Crippen molar-refractivity contribution in [2.75, 3.05) is 17.7 Å². The molecule has 0 saturated carbocycles. The number of halogens is 7. The summed E-state index contributed by atoms with van der Waals surface area (Å²) in [6, 6.07) is 8.62. The van der Waals surface area contributed by atoms with Crippen LogP contribution in [0.1, 0.15) is 21.5 Å². The highest BCUT2D eigenvalue weighted by molar-refractivity contribution is 5.99. The third-order valence-electron chi connectivity index (χ3n) is 5.23. The summed E-state index contributed by atoms with van der Waals surface area (Å²) in [7, 11) is 1.05. The normalized spacial score (nSPS) is 11.7. The fourth-order valence-electron chi connectivity index (χ4n) is 3.30. The van der Waals surface area contributed by atoms with Gasteiger partial charge in [0.05, 0.1) is 12.8 Å². The van der Waals surface area contributed by atoms with Crippen LogP contribution in [0.25, 0.3) is 11.1 Å². The predicted octanol–water partition coefficient (Wildman–Crippen LogP) is 5.87. The Kier molecular flexibility index (Phi) is 7.74. The van der Waals surface area contributed by atoms with E-state index in [1.165, 1.54) is 43.5 Å². The number of nitrogens with one attached hydrogen (secondary N) is 2. The van der Waals surface area contributed by atoms with Gasteiger partial charge in [-0.05, 0) is 36.2 Å². The number of nitrogens with zero attached hydrogens (tertiary/aromatic N) is 1. The first-order valence-corrected chi connectivity index (χ1v) is 10.4. The fourth-order valence-corrected chi connectivity index (χ4v) is 3.30. The van der Waals surface area contributed by atoms with Gasteiger partial charge in [-0.2, -0.15) is 22.0 Å². The van der Waals surface area contributed by atoms with Crippen LogP contribution in [0, 0.1) is 18.6 Å². The van der Waals surface area contributed by atoms with Crippen LogP contribution in [0.4, 0.5) is 42.2 Å². The van der Waals surface area contributed by atoms with E-state index in [0.717, 1.165) is 19.2 Å². The van der Waals surface area contributed by atoms with Crippen molar-refractivity contribution in [3.63, 3.8) is 0 Å². The number of esters is 1. The molecule has 0 spiro atoms. The van der Waals surface area contributed by atoms with Crippen molar-refractivity contribution < 1.29 is 45.1 Å². The Morgan fingerprint density at radius 3 is 2.30 bits per heavy atom. The zero-order valence-corrected chi connectivity index (χ0v) is 19.1. The molecule has 196 valence electrons. The number of carbonyl (C=O) groups excluding carboxylic acids is 2. The van der Waals surface area contributed by atoms with Gasteiger partial charge in [-0.15, -0.1) is 0 Å². The summed E-state index contributed by atoms with van der Waals surface area (Å²) in [4.78, 5) is 27.5. The Hall–Kier alpha value is -4.16. The molecule has 0 aliphatic carbocycles. The molecule has 0 radical (unpaired) electrons. The number of amides is 1. The van der Waals surface area contributed by atoms with Crippen LogP contribution in [0.2, 0.25) is 0 Å². The first kappa shape index (κ1) is 27.4. The van der Waals surface area contributed by atoms with Gasteiger partial charge in [-0.3, -0.25) is 4.79 Å². The third-order valence-corrected chi connectivity index (χ3v) is 5.23. The number of aryl methyl sites for hydroxylation is 1. The van der Waals surface area contributed by atoms with Crippen LogP contribution in [0.3, 0.4) is 0 Å². The van der Waals surface area contributed by atoms with E-state index in [1.54, 1.807) is 5.32 Å². The van der Waals surface area contributed by atoms with E-state index in [2.05, 4.69) is 15.0 Å². The van der Waals surface area contributed by atoms with E-state index in [4.69, 9.17) is 0 Å². The lowest BCUT2D eigenvalue weighted by Crippen LogP contribution is -2.47. The molecule has 3 aromatic rings. The van der Waals surface area contributed by atoms with Crippen molar-refractivity contribution in [1.82, 2.24) is 4.98 Å². The smallest absolute Gasteiger partial charge is 0.463 e. The molecule has 0 fully saturated rings. The second-order valence-corrected chi connectivity index (χ2v) is 7.70. The number of rotatable bonds is 7. The van der Waals surface area contributed by atoms with E-state index in [0.29, 0.717) is 0 Å². The molecule has 0 aliphatic rings. The van der Waals surface area contributed by atoms with Gasteiger partial charge in [-0.1, -0.05) is 24.3 Å². The fraction of sp³-hybridized carbons (Fsp3) is 0.208. The number of ether oxygens (including phenoxy) is 1. The van der Waals surface area contributed by atoms with Crippen molar-refractivity contribution in [2.45, 2.75) is 25.6 Å². The predicted molar refractivity (Wildman–Crippen MR) is 119 cm³/mol. The summed E-state index contributed by atoms with van der Waals surface area (Å²) in [5.74, 6) is -11.2. The van der Waals surface area contributed by atoms with Crippen molar-refractivity contribution >= 4 is 23.4 Å². The monoisotopic (exact) mass is 529 g/mol. The minimum Gasteiger partial charge on any atom is -0.465 e. The number of aromatic nitrogens is 1. The summed E-state index contributed by atoms with van der Waals surface area (Å²) >= 11 is 0. The molecule has 1 amide bonds. The Balaban J connectivity index is 1.85. The first-order chi connectivity index (χ1) is 17.3. The number of benzene rings is 2. The molecule has 13 heteroatoms. The Labute approximate surface area is 205 Å². The maximum absolute atomic E-state index is 14.9. The van der Waals surface area contributed by atoms with Crippen LogP contribution in [0.5, 0.6) is 0 Å². The highest BCUT2D eigenvalue weighted by Crippen LogP contribution is 2.37. The zero-order valence-electron chi connectivity index (χ0n) is 19.1. The van der Waals surface area contributed by atoms with Crippen molar-refractivity contribution in [3.05, 3.63) is 77.0 Å². The van der Waals surface area contributed by atoms with Gasteiger partial charge >= 0.3 is 24.0 Å². The van der Waals surface area contributed by atoms with Crippen LogP contribution >= 0.6 is 0 Å². The molecule has 2 aromatic carbocycles. The molecular formula is C24H18F7N3O3. The average molecular weight is 529 g/mol. The van der Waals surface area contributed by atoms with Crippen molar-refractivity contribution in [2.24, 2.45) is 0 Å². The van der Waals surface area contributed by atoms with E-state index in [1.807, 2.05) is 0 Å². The Morgan fingerprint density at radius 1 is 0.973 bits per heavy atom. The molecule has 0 aliphatic heterocycles. The van der Waals surface area contributed by atoms with E-state index in [9.17, 15) is 40.3 Å². The summed E-state index contributed by atoms with van der Waals surface area (Å²) in [6.07, 6.45) is -4.88. The molecule has 0 atom stereocenters. The van der Waals surface area contributed by atoms with Gasteiger partial charge in [0.1, 0.15) is 23.0 Å². The van der Waals surface area contributed by atoms with Gasteiger partial charge in [0.15, 0.2) is 0 Å². The number of hydrogen-bond acceptors (Lipinski definition) is 5. The van der Waals surface area contributed by atoms with Crippen LogP contribution in [-0.4, -0.2) is 36.1 Å². The minimum absolute atomic E-state index is 0.0557.